The van der Waals surface area contributed by atoms with Crippen molar-refractivity contribution >= 4 is 27.5 Å². The van der Waals surface area contributed by atoms with Crippen molar-refractivity contribution < 1.29 is 9.90 Å². The Hall–Kier alpha value is -2.41. The standard InChI is InChI=1S/C19H19BrN2O4/c1-10(12(3)23)17(24)16-11(2)21(14-6-4-13(20)5-7-14)19(26)22(18(16)25)15-8-9-15/h4-7,15,24H,8-9H2,1-3H3/b17-10+. The Morgan fingerprint density at radius 1 is 1.15 bits per heavy atom. The fourth-order valence-corrected chi connectivity index (χ4v) is 3.17. The molecule has 0 saturated heterocycles. The van der Waals surface area contributed by atoms with Gasteiger partial charge in [-0.3, -0.25) is 18.7 Å². The number of carbonyl (C=O) groups excluding carboxylic acids is 1. The van der Waals surface area contributed by atoms with Crippen LogP contribution >= 0.6 is 15.9 Å². The van der Waals surface area contributed by atoms with Crippen LogP contribution in [-0.2, 0) is 4.79 Å². The molecule has 26 heavy (non-hydrogen) atoms. The highest BCUT2D eigenvalue weighted by atomic mass is 79.9. The molecule has 1 heterocycles. The second-order valence-corrected chi connectivity index (χ2v) is 7.41. The Morgan fingerprint density at radius 3 is 2.23 bits per heavy atom. The summed E-state index contributed by atoms with van der Waals surface area (Å²) in [5, 5.41) is 10.6. The quantitative estimate of drug-likeness (QED) is 0.609. The third kappa shape index (κ3) is 3.07. The van der Waals surface area contributed by atoms with E-state index in [-0.39, 0.29) is 28.7 Å². The summed E-state index contributed by atoms with van der Waals surface area (Å²) in [7, 11) is 0. The van der Waals surface area contributed by atoms with Gasteiger partial charge in [0.25, 0.3) is 5.56 Å². The number of aliphatic hydroxyl groups is 1. The van der Waals surface area contributed by atoms with Crippen LogP contribution in [0.25, 0.3) is 11.4 Å². The van der Waals surface area contributed by atoms with E-state index in [1.807, 2.05) is 0 Å². The molecule has 7 heteroatoms. The van der Waals surface area contributed by atoms with Crippen molar-refractivity contribution in [2.24, 2.45) is 0 Å². The number of rotatable bonds is 4. The van der Waals surface area contributed by atoms with E-state index in [1.54, 1.807) is 31.2 Å². The summed E-state index contributed by atoms with van der Waals surface area (Å²) in [6, 6.07) is 6.93. The molecule has 0 aliphatic heterocycles. The number of hydrogen-bond acceptors (Lipinski definition) is 4. The maximum atomic E-state index is 13.0. The fourth-order valence-electron chi connectivity index (χ4n) is 2.90. The molecule has 1 aromatic carbocycles. The second-order valence-electron chi connectivity index (χ2n) is 6.49. The lowest BCUT2D eigenvalue weighted by atomic mass is 10.1. The second kappa shape index (κ2) is 6.72. The molecule has 136 valence electrons. The molecule has 1 aliphatic carbocycles. The summed E-state index contributed by atoms with van der Waals surface area (Å²) >= 11 is 3.36. The zero-order valence-electron chi connectivity index (χ0n) is 14.7. The van der Waals surface area contributed by atoms with Crippen molar-refractivity contribution in [3.8, 4) is 5.69 Å². The van der Waals surface area contributed by atoms with Crippen molar-refractivity contribution in [2.75, 3.05) is 0 Å². The summed E-state index contributed by atoms with van der Waals surface area (Å²) < 4.78 is 3.46. The largest absolute Gasteiger partial charge is 0.507 e. The number of hydrogen-bond donors (Lipinski definition) is 1. The summed E-state index contributed by atoms with van der Waals surface area (Å²) in [6.45, 7) is 4.39. The molecule has 0 spiro atoms. The maximum absolute atomic E-state index is 13.0. The Morgan fingerprint density at radius 2 is 1.73 bits per heavy atom. The molecule has 1 aliphatic rings. The number of halogens is 1. The minimum Gasteiger partial charge on any atom is -0.507 e. The van der Waals surface area contributed by atoms with Gasteiger partial charge in [0.15, 0.2) is 5.78 Å². The number of ketones is 1. The molecule has 0 radical (unpaired) electrons. The topological polar surface area (TPSA) is 81.3 Å². The average molecular weight is 419 g/mol. The van der Waals surface area contributed by atoms with E-state index in [1.165, 1.54) is 23.0 Å². The number of allylic oxidation sites excluding steroid dienone is 1. The van der Waals surface area contributed by atoms with Crippen LogP contribution in [0.3, 0.4) is 0 Å². The van der Waals surface area contributed by atoms with Crippen LogP contribution in [0.1, 0.15) is 44.0 Å². The first-order valence-electron chi connectivity index (χ1n) is 8.29. The van der Waals surface area contributed by atoms with Crippen LogP contribution in [0.15, 0.2) is 43.9 Å². The molecule has 6 nitrogen and oxygen atoms in total. The lowest BCUT2D eigenvalue weighted by Gasteiger charge is -2.17. The highest BCUT2D eigenvalue weighted by Gasteiger charge is 2.31. The first kappa shape index (κ1) is 18.4. The number of carbonyl (C=O) groups is 1. The van der Waals surface area contributed by atoms with Gasteiger partial charge >= 0.3 is 5.69 Å². The van der Waals surface area contributed by atoms with Gasteiger partial charge in [-0.25, -0.2) is 4.79 Å². The van der Waals surface area contributed by atoms with Gasteiger partial charge in [0.2, 0.25) is 0 Å². The van der Waals surface area contributed by atoms with Gasteiger partial charge in [-0.15, -0.1) is 0 Å². The third-order valence-corrected chi connectivity index (χ3v) is 5.17. The van der Waals surface area contributed by atoms with Crippen molar-refractivity contribution in [1.29, 1.82) is 0 Å². The molecule has 0 unspecified atom stereocenters. The summed E-state index contributed by atoms with van der Waals surface area (Å²) in [4.78, 5) is 37.6. The van der Waals surface area contributed by atoms with Crippen LogP contribution < -0.4 is 11.2 Å². The van der Waals surface area contributed by atoms with E-state index in [9.17, 15) is 19.5 Å². The van der Waals surface area contributed by atoms with E-state index < -0.39 is 11.2 Å². The average Bonchev–Trinajstić information content (AvgIpc) is 3.40. The minimum absolute atomic E-state index is 0.00730. The normalized spacial score (nSPS) is 14.9. The molecule has 3 rings (SSSR count). The molecule has 0 amide bonds. The lowest BCUT2D eigenvalue weighted by Crippen LogP contribution is -2.42. The fraction of sp³-hybridized carbons (Fsp3) is 0.316. The highest BCUT2D eigenvalue weighted by molar-refractivity contribution is 9.10. The van der Waals surface area contributed by atoms with Crippen molar-refractivity contribution in [1.82, 2.24) is 9.13 Å². The van der Waals surface area contributed by atoms with E-state index in [4.69, 9.17) is 0 Å². The molecule has 2 aromatic rings. The lowest BCUT2D eigenvalue weighted by molar-refractivity contribution is -0.113. The van der Waals surface area contributed by atoms with Gasteiger partial charge in [-0.2, -0.15) is 0 Å². The Kier molecular flexibility index (Phi) is 4.75. The van der Waals surface area contributed by atoms with Gasteiger partial charge in [-0.1, -0.05) is 15.9 Å². The SMILES string of the molecule is CC(=O)/C(C)=C(/O)c1c(C)n(-c2ccc(Br)cc2)c(=O)n(C2CC2)c1=O. The molecule has 1 aromatic heterocycles. The Bertz CT molecular complexity index is 1040. The van der Waals surface area contributed by atoms with E-state index >= 15 is 0 Å². The van der Waals surface area contributed by atoms with Gasteiger partial charge < -0.3 is 5.11 Å². The minimum atomic E-state index is -0.554. The van der Waals surface area contributed by atoms with Crippen LogP contribution in [0.5, 0.6) is 0 Å². The van der Waals surface area contributed by atoms with E-state index in [0.717, 1.165) is 17.3 Å². The summed E-state index contributed by atoms with van der Waals surface area (Å²) in [6.07, 6.45) is 1.49. The molecule has 0 atom stereocenters. The first-order chi connectivity index (χ1) is 12.2. The highest BCUT2D eigenvalue weighted by Crippen LogP contribution is 2.33. The van der Waals surface area contributed by atoms with Gasteiger partial charge in [-0.05, 0) is 57.9 Å². The molecule has 1 saturated carbocycles. The third-order valence-electron chi connectivity index (χ3n) is 4.64. The smallest absolute Gasteiger partial charge is 0.336 e. The number of nitrogens with zero attached hydrogens (tertiary/aromatic N) is 2. The molecular formula is C19H19BrN2O4. The molecule has 1 fully saturated rings. The number of aromatic nitrogens is 2. The van der Waals surface area contributed by atoms with Crippen LogP contribution in [0, 0.1) is 6.92 Å². The molecule has 0 bridgehead atoms. The van der Waals surface area contributed by atoms with Gasteiger partial charge in [0.1, 0.15) is 11.3 Å². The monoisotopic (exact) mass is 418 g/mol. The van der Waals surface area contributed by atoms with Crippen LogP contribution in [0.4, 0.5) is 0 Å². The van der Waals surface area contributed by atoms with Gasteiger partial charge in [0, 0.05) is 21.8 Å². The molecule has 1 N–H and O–H groups in total. The number of Topliss-reactive ketones (excluding diaryl/α,β-unsaturated/α-hetero) is 1. The van der Waals surface area contributed by atoms with Crippen molar-refractivity contribution in [2.45, 2.75) is 39.7 Å². The van der Waals surface area contributed by atoms with Crippen molar-refractivity contribution in [3.63, 3.8) is 0 Å². The Balaban J connectivity index is 2.41. The van der Waals surface area contributed by atoms with Crippen LogP contribution in [-0.4, -0.2) is 20.0 Å². The van der Waals surface area contributed by atoms with Gasteiger partial charge in [0.05, 0.1) is 5.69 Å². The Labute approximate surface area is 158 Å². The zero-order valence-corrected chi connectivity index (χ0v) is 16.3. The first-order valence-corrected chi connectivity index (χ1v) is 9.08. The van der Waals surface area contributed by atoms with E-state index in [2.05, 4.69) is 15.9 Å². The summed E-state index contributed by atoms with van der Waals surface area (Å²) in [5.41, 5.74) is -0.0200. The summed E-state index contributed by atoms with van der Waals surface area (Å²) in [5.74, 6) is -0.707. The predicted octanol–water partition coefficient (Wildman–Crippen LogP) is 3.28. The number of aliphatic hydroxyl groups excluding tert-OH is 1. The molecular weight excluding hydrogens is 400 g/mol. The maximum Gasteiger partial charge on any atom is 0.336 e. The van der Waals surface area contributed by atoms with Crippen LogP contribution in [0.2, 0.25) is 0 Å². The predicted molar refractivity (Wildman–Crippen MR) is 103 cm³/mol. The van der Waals surface area contributed by atoms with E-state index in [0.29, 0.717) is 11.4 Å². The van der Waals surface area contributed by atoms with Crippen molar-refractivity contribution in [3.05, 3.63) is 66.4 Å². The zero-order chi connectivity index (χ0) is 19.2. The number of benzene rings is 1.